The van der Waals surface area contributed by atoms with Crippen molar-refractivity contribution in [1.82, 2.24) is 15.0 Å². The number of rotatable bonds is 3. The maximum absolute atomic E-state index is 13.0. The van der Waals surface area contributed by atoms with Crippen LogP contribution in [0.2, 0.25) is 0 Å². The summed E-state index contributed by atoms with van der Waals surface area (Å²) in [7, 11) is 1.55. The van der Waals surface area contributed by atoms with Gasteiger partial charge in [-0.3, -0.25) is 0 Å². The van der Waals surface area contributed by atoms with E-state index in [-0.39, 0.29) is 6.04 Å². The Kier molecular flexibility index (Phi) is 4.53. The molecule has 0 amide bonds. The highest BCUT2D eigenvalue weighted by atomic mass is 19.4. The number of ether oxygens (including phenoxy) is 1. The van der Waals surface area contributed by atoms with Crippen molar-refractivity contribution in [3.63, 3.8) is 0 Å². The van der Waals surface area contributed by atoms with E-state index in [1.54, 1.807) is 25.4 Å². The van der Waals surface area contributed by atoms with E-state index in [2.05, 4.69) is 19.9 Å². The molecule has 6 nitrogen and oxygen atoms in total. The summed E-state index contributed by atoms with van der Waals surface area (Å²) < 4.78 is 44.2. The average Bonchev–Trinajstić information content (AvgIpc) is 3.10. The number of methoxy groups -OCH3 is 1. The quantitative estimate of drug-likeness (QED) is 0.817. The summed E-state index contributed by atoms with van der Waals surface area (Å²) in [4.78, 5) is 16.6. The molecule has 2 aliphatic heterocycles. The van der Waals surface area contributed by atoms with Crippen molar-refractivity contribution in [2.24, 2.45) is 5.92 Å². The van der Waals surface area contributed by atoms with Crippen molar-refractivity contribution >= 4 is 11.8 Å². The second-order valence-corrected chi connectivity index (χ2v) is 6.82. The topological polar surface area (TPSA) is 54.4 Å². The standard InChI is InChI=1S/C18H20F3N5O/c1-27-16-5-8-22-17(24-16)25-9-6-12-7-10-26(13(12)11-25)15-4-2-3-14(23-15)18(19,20)21/h2-5,8,12-13H,6-7,9-11H2,1H3. The minimum Gasteiger partial charge on any atom is -0.481 e. The molecule has 27 heavy (non-hydrogen) atoms. The second kappa shape index (κ2) is 6.86. The lowest BCUT2D eigenvalue weighted by Crippen LogP contribution is -2.49. The van der Waals surface area contributed by atoms with Gasteiger partial charge in [0.15, 0.2) is 0 Å². The fourth-order valence-corrected chi connectivity index (χ4v) is 3.95. The van der Waals surface area contributed by atoms with E-state index in [0.29, 0.717) is 36.7 Å². The number of hydrogen-bond acceptors (Lipinski definition) is 6. The van der Waals surface area contributed by atoms with Crippen LogP contribution < -0.4 is 14.5 Å². The zero-order chi connectivity index (χ0) is 19.0. The third kappa shape index (κ3) is 3.50. The fourth-order valence-electron chi connectivity index (χ4n) is 3.95. The maximum Gasteiger partial charge on any atom is 0.433 e. The van der Waals surface area contributed by atoms with Crippen LogP contribution in [0, 0.1) is 5.92 Å². The Balaban J connectivity index is 1.57. The van der Waals surface area contributed by atoms with E-state index in [1.807, 2.05) is 4.90 Å². The van der Waals surface area contributed by atoms with Gasteiger partial charge in [-0.05, 0) is 30.9 Å². The number of anilines is 2. The van der Waals surface area contributed by atoms with Gasteiger partial charge in [0.2, 0.25) is 11.8 Å². The van der Waals surface area contributed by atoms with Gasteiger partial charge in [-0.25, -0.2) is 9.97 Å². The van der Waals surface area contributed by atoms with Crippen LogP contribution in [0.5, 0.6) is 5.88 Å². The monoisotopic (exact) mass is 379 g/mol. The summed E-state index contributed by atoms with van der Waals surface area (Å²) in [5.41, 5.74) is -0.854. The van der Waals surface area contributed by atoms with Crippen molar-refractivity contribution in [3.8, 4) is 5.88 Å². The molecule has 4 heterocycles. The normalized spacial score (nSPS) is 22.7. The lowest BCUT2D eigenvalue weighted by Gasteiger charge is -2.39. The minimum atomic E-state index is -4.44. The van der Waals surface area contributed by atoms with Gasteiger partial charge in [0.05, 0.1) is 13.2 Å². The molecule has 0 spiro atoms. The smallest absolute Gasteiger partial charge is 0.433 e. The Hall–Kier alpha value is -2.58. The number of aromatic nitrogens is 3. The highest BCUT2D eigenvalue weighted by Crippen LogP contribution is 2.36. The zero-order valence-electron chi connectivity index (χ0n) is 14.9. The van der Waals surface area contributed by atoms with Crippen molar-refractivity contribution in [3.05, 3.63) is 36.2 Å². The van der Waals surface area contributed by atoms with Gasteiger partial charge in [0, 0.05) is 31.9 Å². The third-order valence-corrected chi connectivity index (χ3v) is 5.29. The third-order valence-electron chi connectivity index (χ3n) is 5.29. The van der Waals surface area contributed by atoms with Crippen LogP contribution in [0.25, 0.3) is 0 Å². The molecular formula is C18H20F3N5O. The first-order valence-electron chi connectivity index (χ1n) is 8.88. The SMILES string of the molecule is COc1ccnc(N2CCC3CCN(c4cccc(C(F)(F)F)n4)C3C2)n1. The summed E-state index contributed by atoms with van der Waals surface area (Å²) in [6.45, 7) is 2.17. The molecule has 2 aromatic heterocycles. The molecule has 2 unspecified atom stereocenters. The Morgan fingerprint density at radius 3 is 2.70 bits per heavy atom. The average molecular weight is 379 g/mol. The minimum absolute atomic E-state index is 0.0875. The van der Waals surface area contributed by atoms with E-state index in [9.17, 15) is 13.2 Å². The number of halogens is 3. The van der Waals surface area contributed by atoms with E-state index in [0.717, 1.165) is 25.5 Å². The first kappa shape index (κ1) is 17.8. The highest BCUT2D eigenvalue weighted by Gasteiger charge is 2.40. The highest BCUT2D eigenvalue weighted by molar-refractivity contribution is 5.45. The number of nitrogens with zero attached hydrogens (tertiary/aromatic N) is 5. The number of alkyl halides is 3. The lowest BCUT2D eigenvalue weighted by atomic mass is 9.92. The molecular weight excluding hydrogens is 359 g/mol. The molecule has 0 N–H and O–H groups in total. The Morgan fingerprint density at radius 1 is 1.11 bits per heavy atom. The molecule has 2 saturated heterocycles. The van der Waals surface area contributed by atoms with Crippen LogP contribution >= 0.6 is 0 Å². The zero-order valence-corrected chi connectivity index (χ0v) is 14.9. The fraction of sp³-hybridized carbons (Fsp3) is 0.500. The molecule has 2 atom stereocenters. The summed E-state index contributed by atoms with van der Waals surface area (Å²) in [6.07, 6.45) is -0.897. The van der Waals surface area contributed by atoms with Crippen LogP contribution in [0.4, 0.5) is 24.9 Å². The molecule has 144 valence electrons. The predicted molar refractivity (Wildman–Crippen MR) is 93.9 cm³/mol. The molecule has 2 aliphatic rings. The van der Waals surface area contributed by atoms with Gasteiger partial charge >= 0.3 is 6.18 Å². The maximum atomic E-state index is 13.0. The molecule has 4 rings (SSSR count). The van der Waals surface area contributed by atoms with Crippen LogP contribution in [0.15, 0.2) is 30.5 Å². The molecule has 9 heteroatoms. The Bertz CT molecular complexity index is 816. The summed E-state index contributed by atoms with van der Waals surface area (Å²) in [5.74, 6) is 1.88. The van der Waals surface area contributed by atoms with Crippen LogP contribution in [0.3, 0.4) is 0 Å². The molecule has 0 saturated carbocycles. The van der Waals surface area contributed by atoms with Crippen LogP contribution in [-0.2, 0) is 6.18 Å². The second-order valence-electron chi connectivity index (χ2n) is 6.82. The molecule has 0 bridgehead atoms. The molecule has 2 aromatic rings. The van der Waals surface area contributed by atoms with E-state index >= 15 is 0 Å². The number of pyridine rings is 1. The summed E-state index contributed by atoms with van der Waals surface area (Å²) in [5, 5.41) is 0. The van der Waals surface area contributed by atoms with Gasteiger partial charge in [-0.2, -0.15) is 18.2 Å². The first-order chi connectivity index (χ1) is 13.0. The molecule has 0 aromatic carbocycles. The van der Waals surface area contributed by atoms with Gasteiger partial charge < -0.3 is 14.5 Å². The first-order valence-corrected chi connectivity index (χ1v) is 8.88. The van der Waals surface area contributed by atoms with E-state index in [4.69, 9.17) is 4.74 Å². The van der Waals surface area contributed by atoms with Crippen molar-refractivity contribution in [1.29, 1.82) is 0 Å². The van der Waals surface area contributed by atoms with Crippen LogP contribution in [0.1, 0.15) is 18.5 Å². The van der Waals surface area contributed by atoms with Gasteiger partial charge in [0.25, 0.3) is 0 Å². The van der Waals surface area contributed by atoms with Crippen LogP contribution in [-0.4, -0.2) is 47.7 Å². The number of hydrogen-bond donors (Lipinski definition) is 0. The van der Waals surface area contributed by atoms with E-state index < -0.39 is 11.9 Å². The van der Waals surface area contributed by atoms with Crippen molar-refractivity contribution < 1.29 is 17.9 Å². The Morgan fingerprint density at radius 2 is 1.93 bits per heavy atom. The summed E-state index contributed by atoms with van der Waals surface area (Å²) in [6, 6.07) is 5.85. The Labute approximate surface area is 155 Å². The largest absolute Gasteiger partial charge is 0.481 e. The van der Waals surface area contributed by atoms with Crippen molar-refractivity contribution in [2.75, 3.05) is 36.5 Å². The lowest BCUT2D eigenvalue weighted by molar-refractivity contribution is -0.141. The molecule has 0 radical (unpaired) electrons. The predicted octanol–water partition coefficient (Wildman–Crippen LogP) is 3.00. The van der Waals surface area contributed by atoms with Gasteiger partial charge in [-0.15, -0.1) is 0 Å². The number of fused-ring (bicyclic) bond motifs is 1. The number of piperidine rings is 1. The molecule has 2 fully saturated rings. The van der Waals surface area contributed by atoms with Crippen molar-refractivity contribution in [2.45, 2.75) is 25.1 Å². The van der Waals surface area contributed by atoms with Gasteiger partial charge in [-0.1, -0.05) is 6.07 Å². The summed E-state index contributed by atoms with van der Waals surface area (Å²) >= 11 is 0. The van der Waals surface area contributed by atoms with Gasteiger partial charge in [0.1, 0.15) is 11.5 Å². The molecule has 0 aliphatic carbocycles. The van der Waals surface area contributed by atoms with E-state index in [1.165, 1.54) is 6.07 Å².